The van der Waals surface area contributed by atoms with E-state index in [4.69, 9.17) is 14.2 Å². The smallest absolute Gasteiger partial charge is 0.315 e. The molecule has 0 saturated carbocycles. The fraction of sp³-hybridized carbons (Fsp3) is 0.125. The first-order chi connectivity index (χ1) is 13.8. The summed E-state index contributed by atoms with van der Waals surface area (Å²) < 4.78 is 17.8. The molecule has 0 unspecified atom stereocenters. The summed E-state index contributed by atoms with van der Waals surface area (Å²) in [5.41, 5.74) is 3.22. The van der Waals surface area contributed by atoms with Crippen LogP contribution in [0.1, 0.15) is 22.6 Å². The molecular weight excluding hydrogens is 352 g/mol. The second kappa shape index (κ2) is 4.84. The van der Waals surface area contributed by atoms with Crippen molar-refractivity contribution in [3.63, 3.8) is 0 Å². The van der Waals surface area contributed by atoms with Crippen molar-refractivity contribution >= 4 is 27.5 Å². The molecule has 4 aromatic carbocycles. The third-order valence-corrected chi connectivity index (χ3v) is 6.11. The fourth-order valence-electron chi connectivity index (χ4n) is 4.99. The van der Waals surface area contributed by atoms with Crippen LogP contribution in [0.2, 0.25) is 0 Å². The summed E-state index contributed by atoms with van der Waals surface area (Å²) in [5.74, 6) is 2.13. The van der Waals surface area contributed by atoms with Crippen molar-refractivity contribution in [2.24, 2.45) is 0 Å². The van der Waals surface area contributed by atoms with Crippen LogP contribution in [-0.4, -0.2) is 12.3 Å². The van der Waals surface area contributed by atoms with Crippen molar-refractivity contribution < 1.29 is 19.0 Å². The van der Waals surface area contributed by atoms with Crippen LogP contribution in [0.4, 0.5) is 0 Å². The van der Waals surface area contributed by atoms with Gasteiger partial charge in [0.25, 0.3) is 6.29 Å². The van der Waals surface area contributed by atoms with Crippen LogP contribution in [0.25, 0.3) is 21.5 Å². The average Bonchev–Trinajstić information content (AvgIpc) is 3.37. The Kier molecular flexibility index (Phi) is 2.51. The Hall–Kier alpha value is -3.53. The van der Waals surface area contributed by atoms with E-state index < -0.39 is 0 Å². The van der Waals surface area contributed by atoms with E-state index in [0.717, 1.165) is 39.0 Å². The molecular formula is C24H14O4. The molecule has 3 aliphatic rings. The monoisotopic (exact) mass is 366 g/mol. The third-order valence-electron chi connectivity index (χ3n) is 6.11. The topological polar surface area (TPSA) is 44.8 Å². The predicted octanol–water partition coefficient (Wildman–Crippen LogP) is 4.70. The Morgan fingerprint density at radius 2 is 1.46 bits per heavy atom. The molecule has 0 spiro atoms. The lowest BCUT2D eigenvalue weighted by molar-refractivity contribution is -0.131. The van der Waals surface area contributed by atoms with Crippen molar-refractivity contribution in [1.82, 2.24) is 0 Å². The summed E-state index contributed by atoms with van der Waals surface area (Å²) in [7, 11) is 0. The maximum Gasteiger partial charge on any atom is 0.315 e. The Morgan fingerprint density at radius 1 is 0.750 bits per heavy atom. The van der Waals surface area contributed by atoms with Gasteiger partial charge in [0, 0.05) is 16.7 Å². The van der Waals surface area contributed by atoms with Gasteiger partial charge in [-0.05, 0) is 39.7 Å². The highest BCUT2D eigenvalue weighted by molar-refractivity contribution is 6.00. The van der Waals surface area contributed by atoms with Gasteiger partial charge < -0.3 is 14.2 Å². The molecule has 3 aliphatic heterocycles. The lowest BCUT2D eigenvalue weighted by Gasteiger charge is -2.13. The molecule has 2 atom stereocenters. The Bertz CT molecular complexity index is 1350. The molecule has 134 valence electrons. The molecule has 3 heterocycles. The molecule has 0 radical (unpaired) electrons. The summed E-state index contributed by atoms with van der Waals surface area (Å²) in [5, 5.41) is 4.52. The van der Waals surface area contributed by atoms with Gasteiger partial charge in [0.1, 0.15) is 17.2 Å². The Balaban J connectivity index is 1.58. The highest BCUT2D eigenvalue weighted by Gasteiger charge is 2.46. The standard InChI is InChI=1S/C24H14O4/c25-19-11-15-16(26-19)8-6-13-7-10-18-22(20(13)15)23-21-14-4-2-1-3-12(14)5-9-17(21)27-24(23)28-18/h1-10,23-24H,11H2/t23-,24+/m1/s1. The summed E-state index contributed by atoms with van der Waals surface area (Å²) in [6.07, 6.45) is -0.0840. The molecule has 7 rings (SSSR count). The number of fused-ring (bicyclic) bond motifs is 11. The number of rotatable bonds is 0. The number of hydrogen-bond donors (Lipinski definition) is 0. The van der Waals surface area contributed by atoms with Crippen LogP contribution in [-0.2, 0) is 11.2 Å². The van der Waals surface area contributed by atoms with E-state index in [2.05, 4.69) is 24.3 Å². The van der Waals surface area contributed by atoms with Gasteiger partial charge in [0.05, 0.1) is 12.3 Å². The molecule has 0 aliphatic carbocycles. The van der Waals surface area contributed by atoms with Gasteiger partial charge in [-0.1, -0.05) is 42.5 Å². The number of carbonyl (C=O) groups excluding carboxylic acids is 1. The summed E-state index contributed by atoms with van der Waals surface area (Å²) in [4.78, 5) is 12.0. The lowest BCUT2D eigenvalue weighted by atomic mass is 9.85. The van der Waals surface area contributed by atoms with Crippen LogP contribution < -0.4 is 14.2 Å². The lowest BCUT2D eigenvalue weighted by Crippen LogP contribution is -2.19. The first-order valence-electron chi connectivity index (χ1n) is 9.42. The van der Waals surface area contributed by atoms with E-state index in [1.807, 2.05) is 36.4 Å². The minimum atomic E-state index is -0.379. The Labute approximate surface area is 160 Å². The van der Waals surface area contributed by atoms with Gasteiger partial charge >= 0.3 is 5.97 Å². The average molecular weight is 366 g/mol. The van der Waals surface area contributed by atoms with Crippen molar-refractivity contribution in [3.8, 4) is 17.2 Å². The highest BCUT2D eigenvalue weighted by atomic mass is 16.7. The second-order valence-electron chi connectivity index (χ2n) is 7.55. The third kappa shape index (κ3) is 1.68. The van der Waals surface area contributed by atoms with Crippen LogP contribution in [0.15, 0.2) is 60.7 Å². The first-order valence-corrected chi connectivity index (χ1v) is 9.42. The van der Waals surface area contributed by atoms with Crippen LogP contribution >= 0.6 is 0 Å². The zero-order chi connectivity index (χ0) is 18.4. The first kappa shape index (κ1) is 14.5. The zero-order valence-corrected chi connectivity index (χ0v) is 14.8. The summed E-state index contributed by atoms with van der Waals surface area (Å²) >= 11 is 0. The number of hydrogen-bond acceptors (Lipinski definition) is 4. The minimum absolute atomic E-state index is 0.0259. The van der Waals surface area contributed by atoms with E-state index in [1.54, 1.807) is 0 Å². The summed E-state index contributed by atoms with van der Waals surface area (Å²) in [6.45, 7) is 0. The van der Waals surface area contributed by atoms with E-state index in [1.165, 1.54) is 10.8 Å². The maximum absolute atomic E-state index is 12.0. The van der Waals surface area contributed by atoms with Gasteiger partial charge in [0.2, 0.25) is 0 Å². The van der Waals surface area contributed by atoms with Crippen molar-refractivity contribution in [3.05, 3.63) is 77.4 Å². The van der Waals surface area contributed by atoms with E-state index in [9.17, 15) is 4.79 Å². The molecule has 0 N–H and O–H groups in total. The molecule has 0 bridgehead atoms. The number of benzene rings is 4. The molecule has 4 aromatic rings. The van der Waals surface area contributed by atoms with Gasteiger partial charge in [-0.2, -0.15) is 0 Å². The molecule has 0 fully saturated rings. The molecule has 0 aromatic heterocycles. The van der Waals surface area contributed by atoms with Crippen molar-refractivity contribution in [2.75, 3.05) is 0 Å². The number of carbonyl (C=O) groups is 1. The Morgan fingerprint density at radius 3 is 2.32 bits per heavy atom. The zero-order valence-electron chi connectivity index (χ0n) is 14.8. The van der Waals surface area contributed by atoms with Gasteiger partial charge in [-0.15, -0.1) is 0 Å². The molecule has 0 amide bonds. The molecule has 4 nitrogen and oxygen atoms in total. The second-order valence-corrected chi connectivity index (χ2v) is 7.55. The van der Waals surface area contributed by atoms with Gasteiger partial charge in [-0.3, -0.25) is 4.79 Å². The summed E-state index contributed by atoms with van der Waals surface area (Å²) in [6, 6.07) is 20.4. The SMILES string of the molecule is O=C1Cc2c(ccc3ccc4c(c23)[C@H]2c3c(ccc5ccccc35)O[C@H]2O4)O1. The van der Waals surface area contributed by atoms with E-state index in [0.29, 0.717) is 12.2 Å². The predicted molar refractivity (Wildman–Crippen MR) is 104 cm³/mol. The van der Waals surface area contributed by atoms with Crippen molar-refractivity contribution in [1.29, 1.82) is 0 Å². The normalized spacial score (nSPS) is 20.9. The largest absolute Gasteiger partial charge is 0.454 e. The number of esters is 1. The highest BCUT2D eigenvalue weighted by Crippen LogP contribution is 2.55. The van der Waals surface area contributed by atoms with Crippen LogP contribution in [0.3, 0.4) is 0 Å². The molecule has 4 heteroatoms. The maximum atomic E-state index is 12.0. The molecule has 28 heavy (non-hydrogen) atoms. The van der Waals surface area contributed by atoms with E-state index in [-0.39, 0.29) is 18.2 Å². The number of ether oxygens (including phenoxy) is 3. The fourth-order valence-corrected chi connectivity index (χ4v) is 4.99. The van der Waals surface area contributed by atoms with Gasteiger partial charge in [0.15, 0.2) is 0 Å². The van der Waals surface area contributed by atoms with Gasteiger partial charge in [-0.25, -0.2) is 0 Å². The minimum Gasteiger partial charge on any atom is -0.454 e. The molecule has 0 saturated heterocycles. The van der Waals surface area contributed by atoms with Crippen molar-refractivity contribution in [2.45, 2.75) is 18.6 Å². The van der Waals surface area contributed by atoms with Crippen LogP contribution in [0, 0.1) is 0 Å². The quantitative estimate of drug-likeness (QED) is 0.334. The van der Waals surface area contributed by atoms with E-state index >= 15 is 0 Å². The van der Waals surface area contributed by atoms with Crippen LogP contribution in [0.5, 0.6) is 17.2 Å².